The molecule has 0 atom stereocenters. The zero-order valence-electron chi connectivity index (χ0n) is 16.9. The highest BCUT2D eigenvalue weighted by atomic mass is 32.2. The molecule has 30 heavy (non-hydrogen) atoms. The van der Waals surface area contributed by atoms with Crippen molar-refractivity contribution in [2.45, 2.75) is 11.8 Å². The van der Waals surface area contributed by atoms with Crippen molar-refractivity contribution in [2.75, 3.05) is 48.4 Å². The SMILES string of the molecule is Cc1cccc(N2CCN(S(=O)(=O)CC(=O)Nc3ccc(S(C)(=O)=O)cc3)CC2)c1. The maximum atomic E-state index is 12.6. The summed E-state index contributed by atoms with van der Waals surface area (Å²) in [7, 11) is -7.09. The van der Waals surface area contributed by atoms with Gasteiger partial charge in [0, 0.05) is 43.8 Å². The topological polar surface area (TPSA) is 104 Å². The van der Waals surface area contributed by atoms with Crippen molar-refractivity contribution >= 4 is 37.1 Å². The van der Waals surface area contributed by atoms with E-state index in [2.05, 4.69) is 16.3 Å². The molecule has 0 bridgehead atoms. The van der Waals surface area contributed by atoms with Gasteiger partial charge in [-0.1, -0.05) is 12.1 Å². The Kier molecular flexibility index (Phi) is 6.49. The van der Waals surface area contributed by atoms with Crippen LogP contribution in [-0.4, -0.2) is 65.2 Å². The van der Waals surface area contributed by atoms with Crippen molar-refractivity contribution in [1.29, 1.82) is 0 Å². The molecule has 3 rings (SSSR count). The van der Waals surface area contributed by atoms with Gasteiger partial charge in [-0.3, -0.25) is 4.79 Å². The average Bonchev–Trinajstić information content (AvgIpc) is 2.67. The van der Waals surface area contributed by atoms with Gasteiger partial charge in [-0.15, -0.1) is 0 Å². The van der Waals surface area contributed by atoms with Gasteiger partial charge in [0.15, 0.2) is 9.84 Å². The van der Waals surface area contributed by atoms with Gasteiger partial charge in [0.1, 0.15) is 5.75 Å². The summed E-state index contributed by atoms with van der Waals surface area (Å²) in [5.74, 6) is -1.33. The number of amides is 1. The molecule has 1 aliphatic heterocycles. The number of hydrogen-bond acceptors (Lipinski definition) is 6. The lowest BCUT2D eigenvalue weighted by molar-refractivity contribution is -0.113. The molecular weight excluding hydrogens is 426 g/mol. The first kappa shape index (κ1) is 22.3. The van der Waals surface area contributed by atoms with Crippen molar-refractivity contribution in [1.82, 2.24) is 4.31 Å². The summed E-state index contributed by atoms with van der Waals surface area (Å²) in [5.41, 5.74) is 2.54. The number of anilines is 2. The average molecular weight is 452 g/mol. The highest BCUT2D eigenvalue weighted by Crippen LogP contribution is 2.19. The van der Waals surface area contributed by atoms with Gasteiger partial charge in [-0.2, -0.15) is 4.31 Å². The second-order valence-corrected chi connectivity index (χ2v) is 11.3. The largest absolute Gasteiger partial charge is 0.369 e. The fraction of sp³-hybridized carbons (Fsp3) is 0.350. The Balaban J connectivity index is 1.56. The lowest BCUT2D eigenvalue weighted by atomic mass is 10.2. The molecule has 162 valence electrons. The van der Waals surface area contributed by atoms with E-state index < -0.39 is 31.5 Å². The lowest BCUT2D eigenvalue weighted by Gasteiger charge is -2.35. The molecule has 0 aromatic heterocycles. The van der Waals surface area contributed by atoms with E-state index in [9.17, 15) is 21.6 Å². The molecule has 1 aliphatic rings. The highest BCUT2D eigenvalue weighted by molar-refractivity contribution is 7.90. The first-order valence-corrected chi connectivity index (χ1v) is 12.9. The molecule has 0 unspecified atom stereocenters. The van der Waals surface area contributed by atoms with E-state index in [1.54, 1.807) is 0 Å². The van der Waals surface area contributed by atoms with Gasteiger partial charge in [-0.05, 0) is 48.9 Å². The summed E-state index contributed by atoms with van der Waals surface area (Å²) in [4.78, 5) is 14.5. The van der Waals surface area contributed by atoms with Crippen LogP contribution in [0.15, 0.2) is 53.4 Å². The summed E-state index contributed by atoms with van der Waals surface area (Å²) in [6.45, 7) is 3.74. The maximum absolute atomic E-state index is 12.6. The molecule has 0 saturated carbocycles. The molecule has 2 aromatic rings. The molecule has 8 nitrogen and oxygen atoms in total. The van der Waals surface area contributed by atoms with Crippen LogP contribution in [0, 0.1) is 6.92 Å². The summed E-state index contributed by atoms with van der Waals surface area (Å²) in [5, 5.41) is 2.51. The zero-order chi connectivity index (χ0) is 21.9. The Hall–Kier alpha value is -2.43. The number of nitrogens with zero attached hydrogens (tertiary/aromatic N) is 2. The first-order valence-electron chi connectivity index (χ1n) is 9.44. The molecule has 1 N–H and O–H groups in total. The van der Waals surface area contributed by atoms with Gasteiger partial charge in [-0.25, -0.2) is 16.8 Å². The van der Waals surface area contributed by atoms with Crippen LogP contribution in [0.5, 0.6) is 0 Å². The Morgan fingerprint density at radius 2 is 1.60 bits per heavy atom. The van der Waals surface area contributed by atoms with Crippen molar-refractivity contribution in [3.05, 3.63) is 54.1 Å². The number of hydrogen-bond donors (Lipinski definition) is 1. The standard InChI is InChI=1S/C20H25N3O5S2/c1-16-4-3-5-18(14-16)22-10-12-23(13-11-22)30(27,28)15-20(24)21-17-6-8-19(9-7-17)29(2,25)26/h3-9,14H,10-13,15H2,1-2H3,(H,21,24). The lowest BCUT2D eigenvalue weighted by Crippen LogP contribution is -2.50. The predicted octanol–water partition coefficient (Wildman–Crippen LogP) is 1.49. The fourth-order valence-electron chi connectivity index (χ4n) is 3.29. The van der Waals surface area contributed by atoms with E-state index in [0.29, 0.717) is 31.9 Å². The van der Waals surface area contributed by atoms with Crippen molar-refractivity contribution in [3.8, 4) is 0 Å². The number of sulfonamides is 1. The quantitative estimate of drug-likeness (QED) is 0.714. The first-order chi connectivity index (χ1) is 14.0. The molecule has 1 saturated heterocycles. The Morgan fingerprint density at radius 1 is 0.967 bits per heavy atom. The van der Waals surface area contributed by atoms with Crippen LogP contribution < -0.4 is 10.2 Å². The number of carbonyl (C=O) groups is 1. The third-order valence-electron chi connectivity index (χ3n) is 4.88. The van der Waals surface area contributed by atoms with Crippen LogP contribution in [0.4, 0.5) is 11.4 Å². The van der Waals surface area contributed by atoms with Gasteiger partial charge in [0.05, 0.1) is 4.90 Å². The van der Waals surface area contributed by atoms with Crippen LogP contribution in [0.1, 0.15) is 5.56 Å². The van der Waals surface area contributed by atoms with Gasteiger partial charge < -0.3 is 10.2 Å². The van der Waals surface area contributed by atoms with Crippen LogP contribution >= 0.6 is 0 Å². The summed E-state index contributed by atoms with van der Waals surface area (Å²) in [6.07, 6.45) is 1.09. The minimum atomic E-state index is -3.75. The van der Waals surface area contributed by atoms with E-state index in [-0.39, 0.29) is 4.90 Å². The zero-order valence-corrected chi connectivity index (χ0v) is 18.5. The molecule has 0 radical (unpaired) electrons. The third kappa shape index (κ3) is 5.59. The second kappa shape index (κ2) is 8.75. The monoisotopic (exact) mass is 451 g/mol. The van der Waals surface area contributed by atoms with Crippen molar-refractivity contribution < 1.29 is 21.6 Å². The minimum Gasteiger partial charge on any atom is -0.369 e. The van der Waals surface area contributed by atoms with Crippen LogP contribution in [0.2, 0.25) is 0 Å². The number of aryl methyl sites for hydroxylation is 1. The number of sulfone groups is 1. The van der Waals surface area contributed by atoms with E-state index in [1.165, 1.54) is 28.6 Å². The Bertz CT molecular complexity index is 1120. The normalized spacial score (nSPS) is 15.7. The van der Waals surface area contributed by atoms with E-state index in [1.807, 2.05) is 25.1 Å². The molecule has 0 aliphatic carbocycles. The van der Waals surface area contributed by atoms with E-state index in [4.69, 9.17) is 0 Å². The second-order valence-electron chi connectivity index (χ2n) is 7.33. The van der Waals surface area contributed by atoms with E-state index in [0.717, 1.165) is 17.5 Å². The molecule has 0 spiro atoms. The molecule has 2 aromatic carbocycles. The van der Waals surface area contributed by atoms with E-state index >= 15 is 0 Å². The highest BCUT2D eigenvalue weighted by Gasteiger charge is 2.29. The Labute approximate surface area is 177 Å². The van der Waals surface area contributed by atoms with Gasteiger partial charge in [0.25, 0.3) is 0 Å². The van der Waals surface area contributed by atoms with Crippen LogP contribution in [0.25, 0.3) is 0 Å². The fourth-order valence-corrected chi connectivity index (χ4v) is 5.22. The van der Waals surface area contributed by atoms with Crippen molar-refractivity contribution in [2.24, 2.45) is 0 Å². The summed E-state index contributed by atoms with van der Waals surface area (Å²) >= 11 is 0. The number of nitrogens with one attached hydrogen (secondary N) is 1. The maximum Gasteiger partial charge on any atom is 0.241 e. The molecule has 1 heterocycles. The van der Waals surface area contributed by atoms with Gasteiger partial charge >= 0.3 is 0 Å². The number of carbonyl (C=O) groups excluding carboxylic acids is 1. The Morgan fingerprint density at radius 3 is 2.17 bits per heavy atom. The summed E-state index contributed by atoms with van der Waals surface area (Å²) in [6, 6.07) is 13.6. The van der Waals surface area contributed by atoms with Gasteiger partial charge in [0.2, 0.25) is 15.9 Å². The predicted molar refractivity (Wildman–Crippen MR) is 117 cm³/mol. The molecule has 10 heteroatoms. The van der Waals surface area contributed by atoms with Crippen LogP contribution in [-0.2, 0) is 24.7 Å². The number of piperazine rings is 1. The molecular formula is C20H25N3O5S2. The summed E-state index contributed by atoms with van der Waals surface area (Å²) < 4.78 is 49.6. The number of benzene rings is 2. The molecule has 1 fully saturated rings. The number of rotatable bonds is 6. The smallest absolute Gasteiger partial charge is 0.241 e. The van der Waals surface area contributed by atoms with Crippen LogP contribution in [0.3, 0.4) is 0 Å². The minimum absolute atomic E-state index is 0.125. The van der Waals surface area contributed by atoms with Crippen molar-refractivity contribution in [3.63, 3.8) is 0 Å². The molecule has 1 amide bonds. The third-order valence-corrected chi connectivity index (χ3v) is 7.79.